The van der Waals surface area contributed by atoms with E-state index in [0.29, 0.717) is 24.0 Å². The van der Waals surface area contributed by atoms with Gasteiger partial charge in [-0.05, 0) is 38.5 Å². The molecular weight excluding hydrogens is 292 g/mol. The maximum absolute atomic E-state index is 5.27. The van der Waals surface area contributed by atoms with Gasteiger partial charge in [0.15, 0.2) is 0 Å². The average Bonchev–Trinajstić information content (AvgIpc) is 3.22. The van der Waals surface area contributed by atoms with Crippen LogP contribution >= 0.6 is 0 Å². The Hall–Kier alpha value is -2.54. The number of aromatic nitrogens is 5. The molecule has 120 valence electrons. The first kappa shape index (κ1) is 15.4. The Morgan fingerprint density at radius 2 is 2.17 bits per heavy atom. The van der Waals surface area contributed by atoms with Gasteiger partial charge >= 0.3 is 0 Å². The number of nitrogens with zero attached hydrogens (tertiary/aromatic N) is 5. The molecule has 0 aliphatic heterocycles. The highest BCUT2D eigenvalue weighted by atomic mass is 16.5. The molecule has 3 heterocycles. The maximum Gasteiger partial charge on any atom is 0.240 e. The van der Waals surface area contributed by atoms with E-state index in [2.05, 4.69) is 39.4 Å². The first-order valence-corrected chi connectivity index (χ1v) is 7.61. The van der Waals surface area contributed by atoms with Gasteiger partial charge in [0.25, 0.3) is 0 Å². The predicted octanol–water partition coefficient (Wildman–Crippen LogP) is 2.38. The minimum atomic E-state index is 0.208. The zero-order valence-corrected chi connectivity index (χ0v) is 13.5. The third-order valence-corrected chi connectivity index (χ3v) is 3.81. The van der Waals surface area contributed by atoms with Crippen LogP contribution in [0, 0.1) is 6.92 Å². The molecule has 3 aromatic heterocycles. The second-order valence-electron chi connectivity index (χ2n) is 5.63. The number of pyridine rings is 1. The van der Waals surface area contributed by atoms with Crippen LogP contribution in [0.25, 0.3) is 11.5 Å². The van der Waals surface area contributed by atoms with E-state index in [1.807, 2.05) is 42.2 Å². The third-order valence-electron chi connectivity index (χ3n) is 3.81. The van der Waals surface area contributed by atoms with Crippen molar-refractivity contribution < 1.29 is 4.52 Å². The first-order valence-electron chi connectivity index (χ1n) is 7.61. The van der Waals surface area contributed by atoms with Crippen molar-refractivity contribution >= 4 is 0 Å². The summed E-state index contributed by atoms with van der Waals surface area (Å²) < 4.78 is 7.23. The van der Waals surface area contributed by atoms with E-state index in [9.17, 15) is 0 Å². The average molecular weight is 312 g/mol. The lowest BCUT2D eigenvalue weighted by Crippen LogP contribution is -2.33. The molecule has 7 nitrogen and oxygen atoms in total. The van der Waals surface area contributed by atoms with Crippen molar-refractivity contribution in [2.75, 3.05) is 0 Å². The van der Waals surface area contributed by atoms with Gasteiger partial charge in [-0.3, -0.25) is 9.67 Å². The van der Waals surface area contributed by atoms with Crippen LogP contribution in [0.4, 0.5) is 0 Å². The van der Waals surface area contributed by atoms with Crippen LogP contribution in [0.1, 0.15) is 31.3 Å². The van der Waals surface area contributed by atoms with E-state index in [0.717, 1.165) is 5.56 Å². The summed E-state index contributed by atoms with van der Waals surface area (Å²) in [5.74, 6) is 1.05. The molecule has 0 fully saturated rings. The third kappa shape index (κ3) is 3.62. The standard InChI is InChI=1S/C16H20N6O/c1-11-8-19-22(10-11)13(3)12(2)18-9-15-20-16(21-23-15)14-6-4-5-7-17-14/h4-8,10,12-13,18H,9H2,1-3H3/t12-,13-/m1/s1. The van der Waals surface area contributed by atoms with Crippen LogP contribution in [0.5, 0.6) is 0 Å². The zero-order chi connectivity index (χ0) is 16.2. The largest absolute Gasteiger partial charge is 0.337 e. The van der Waals surface area contributed by atoms with Crippen molar-refractivity contribution in [2.24, 2.45) is 0 Å². The fourth-order valence-electron chi connectivity index (χ4n) is 2.23. The summed E-state index contributed by atoms with van der Waals surface area (Å²) >= 11 is 0. The molecule has 2 atom stereocenters. The highest BCUT2D eigenvalue weighted by Gasteiger charge is 2.16. The molecule has 3 aromatic rings. The number of nitrogens with one attached hydrogen (secondary N) is 1. The van der Waals surface area contributed by atoms with Gasteiger partial charge in [0.2, 0.25) is 11.7 Å². The summed E-state index contributed by atoms with van der Waals surface area (Å²) in [6.07, 6.45) is 5.61. The number of hydrogen-bond acceptors (Lipinski definition) is 6. The van der Waals surface area contributed by atoms with Gasteiger partial charge < -0.3 is 9.84 Å². The second kappa shape index (κ2) is 6.70. The lowest BCUT2D eigenvalue weighted by Gasteiger charge is -2.20. The second-order valence-corrected chi connectivity index (χ2v) is 5.63. The van der Waals surface area contributed by atoms with Gasteiger partial charge in [-0.25, -0.2) is 0 Å². The normalized spacial score (nSPS) is 13.9. The molecule has 0 amide bonds. The SMILES string of the molecule is Cc1cnn([C@H](C)[C@@H](C)NCc2nc(-c3ccccn3)no2)c1. The van der Waals surface area contributed by atoms with Gasteiger partial charge in [0, 0.05) is 18.4 Å². The van der Waals surface area contributed by atoms with Crippen LogP contribution < -0.4 is 5.32 Å². The van der Waals surface area contributed by atoms with E-state index < -0.39 is 0 Å². The van der Waals surface area contributed by atoms with Crippen molar-refractivity contribution in [3.8, 4) is 11.5 Å². The molecule has 0 radical (unpaired) electrons. The van der Waals surface area contributed by atoms with E-state index >= 15 is 0 Å². The lowest BCUT2D eigenvalue weighted by molar-refractivity contribution is 0.325. The van der Waals surface area contributed by atoms with E-state index in [4.69, 9.17) is 4.52 Å². The Bertz CT molecular complexity index is 751. The lowest BCUT2D eigenvalue weighted by atomic mass is 10.2. The van der Waals surface area contributed by atoms with Gasteiger partial charge in [0.05, 0.1) is 18.8 Å². The molecule has 0 bridgehead atoms. The molecule has 0 spiro atoms. The fourth-order valence-corrected chi connectivity index (χ4v) is 2.23. The highest BCUT2D eigenvalue weighted by molar-refractivity contribution is 5.46. The molecule has 7 heteroatoms. The number of hydrogen-bond donors (Lipinski definition) is 1. The Morgan fingerprint density at radius 3 is 2.87 bits per heavy atom. The van der Waals surface area contributed by atoms with Gasteiger partial charge in [-0.15, -0.1) is 0 Å². The molecule has 0 aromatic carbocycles. The van der Waals surface area contributed by atoms with Crippen molar-refractivity contribution in [2.45, 2.75) is 39.4 Å². The first-order chi connectivity index (χ1) is 11.1. The summed E-state index contributed by atoms with van der Waals surface area (Å²) in [5.41, 5.74) is 1.86. The minimum Gasteiger partial charge on any atom is -0.337 e. The van der Waals surface area contributed by atoms with Crippen LogP contribution in [0.2, 0.25) is 0 Å². The van der Waals surface area contributed by atoms with Gasteiger partial charge in [0.1, 0.15) is 5.69 Å². The summed E-state index contributed by atoms with van der Waals surface area (Å²) in [6, 6.07) is 6.03. The molecule has 0 saturated heterocycles. The van der Waals surface area contributed by atoms with Crippen LogP contribution in [0.3, 0.4) is 0 Å². The molecule has 0 aliphatic carbocycles. The summed E-state index contributed by atoms with van der Waals surface area (Å²) in [6.45, 7) is 6.77. The van der Waals surface area contributed by atoms with Crippen molar-refractivity contribution in [1.82, 2.24) is 30.2 Å². The van der Waals surface area contributed by atoms with Crippen LogP contribution in [0.15, 0.2) is 41.3 Å². The Balaban J connectivity index is 1.59. The molecular formula is C16H20N6O. The maximum atomic E-state index is 5.27. The van der Waals surface area contributed by atoms with Crippen molar-refractivity contribution in [3.05, 3.63) is 48.2 Å². The van der Waals surface area contributed by atoms with Gasteiger partial charge in [-0.1, -0.05) is 11.2 Å². The molecule has 0 aliphatic rings. The minimum absolute atomic E-state index is 0.208. The summed E-state index contributed by atoms with van der Waals surface area (Å²) in [4.78, 5) is 8.57. The molecule has 23 heavy (non-hydrogen) atoms. The van der Waals surface area contributed by atoms with Crippen LogP contribution in [-0.2, 0) is 6.54 Å². The predicted molar refractivity (Wildman–Crippen MR) is 85.5 cm³/mol. The van der Waals surface area contributed by atoms with Crippen LogP contribution in [-0.4, -0.2) is 30.9 Å². The van der Waals surface area contributed by atoms with E-state index in [1.54, 1.807) is 6.20 Å². The van der Waals surface area contributed by atoms with Crippen molar-refractivity contribution in [3.63, 3.8) is 0 Å². The topological polar surface area (TPSA) is 81.7 Å². The molecule has 1 N–H and O–H groups in total. The quantitative estimate of drug-likeness (QED) is 0.752. The van der Waals surface area contributed by atoms with E-state index in [1.165, 1.54) is 0 Å². The van der Waals surface area contributed by atoms with E-state index in [-0.39, 0.29) is 12.1 Å². The monoisotopic (exact) mass is 312 g/mol. The number of rotatable bonds is 6. The number of aryl methyl sites for hydroxylation is 1. The highest BCUT2D eigenvalue weighted by Crippen LogP contribution is 2.14. The van der Waals surface area contributed by atoms with Gasteiger partial charge in [-0.2, -0.15) is 10.1 Å². The Kier molecular flexibility index (Phi) is 4.47. The molecule has 0 saturated carbocycles. The summed E-state index contributed by atoms with van der Waals surface area (Å²) in [7, 11) is 0. The summed E-state index contributed by atoms with van der Waals surface area (Å²) in [5, 5.41) is 11.7. The zero-order valence-electron chi connectivity index (χ0n) is 13.5. The Labute approximate surface area is 134 Å². The molecule has 0 unspecified atom stereocenters. The van der Waals surface area contributed by atoms with Crippen molar-refractivity contribution in [1.29, 1.82) is 0 Å². The molecule has 3 rings (SSSR count). The Morgan fingerprint density at radius 1 is 1.30 bits per heavy atom. The smallest absolute Gasteiger partial charge is 0.240 e. The fraction of sp³-hybridized carbons (Fsp3) is 0.375.